The molecular formula is C17H26F2IN3O. The van der Waals surface area contributed by atoms with Crippen molar-refractivity contribution >= 4 is 29.9 Å². The van der Waals surface area contributed by atoms with Crippen molar-refractivity contribution in [1.82, 2.24) is 10.6 Å². The van der Waals surface area contributed by atoms with Gasteiger partial charge in [-0.25, -0.2) is 8.78 Å². The Balaban J connectivity index is 0.00000288. The molecule has 1 aromatic carbocycles. The number of nitrogens with one attached hydrogen (secondary N) is 2. The third kappa shape index (κ3) is 8.23. The Kier molecular flexibility index (Phi) is 10.2. The summed E-state index contributed by atoms with van der Waals surface area (Å²) in [7, 11) is 0. The summed E-state index contributed by atoms with van der Waals surface area (Å²) in [5.74, 6) is 0.615. The molecule has 1 aliphatic carbocycles. The van der Waals surface area contributed by atoms with Gasteiger partial charge in [-0.2, -0.15) is 0 Å². The second kappa shape index (κ2) is 11.6. The third-order valence-corrected chi connectivity index (χ3v) is 3.59. The van der Waals surface area contributed by atoms with Crippen LogP contribution in [0.5, 0.6) is 0 Å². The molecule has 0 saturated heterocycles. The average Bonchev–Trinajstić information content (AvgIpc) is 3.34. The van der Waals surface area contributed by atoms with Gasteiger partial charge >= 0.3 is 0 Å². The fourth-order valence-corrected chi connectivity index (χ4v) is 2.15. The van der Waals surface area contributed by atoms with Crippen molar-refractivity contribution < 1.29 is 13.5 Å². The fraction of sp³-hybridized carbons (Fsp3) is 0.588. The van der Waals surface area contributed by atoms with E-state index in [-0.39, 0.29) is 29.8 Å². The van der Waals surface area contributed by atoms with Crippen LogP contribution in [-0.4, -0.2) is 38.8 Å². The Hall–Kier alpha value is -0.960. The molecule has 1 aliphatic rings. The highest BCUT2D eigenvalue weighted by Gasteiger charge is 2.20. The Bertz CT molecular complexity index is 525. The van der Waals surface area contributed by atoms with Gasteiger partial charge in [0, 0.05) is 19.7 Å². The highest BCUT2D eigenvalue weighted by molar-refractivity contribution is 14.0. The molecular weight excluding hydrogens is 427 g/mol. The summed E-state index contributed by atoms with van der Waals surface area (Å²) in [5.41, 5.74) is 0.362. The number of hydrogen-bond acceptors (Lipinski definition) is 2. The van der Waals surface area contributed by atoms with Crippen molar-refractivity contribution in [2.24, 2.45) is 10.9 Å². The van der Waals surface area contributed by atoms with Crippen LogP contribution in [0.4, 0.5) is 8.78 Å². The van der Waals surface area contributed by atoms with E-state index in [2.05, 4.69) is 15.6 Å². The van der Waals surface area contributed by atoms with Gasteiger partial charge in [-0.15, -0.1) is 24.0 Å². The van der Waals surface area contributed by atoms with E-state index in [0.29, 0.717) is 37.6 Å². The van der Waals surface area contributed by atoms with Crippen LogP contribution in [0.3, 0.4) is 0 Å². The Morgan fingerprint density at radius 1 is 1.29 bits per heavy atom. The lowest BCUT2D eigenvalue weighted by molar-refractivity contribution is 0.131. The van der Waals surface area contributed by atoms with Gasteiger partial charge in [0.1, 0.15) is 11.6 Å². The first-order chi connectivity index (χ1) is 11.2. The zero-order valence-corrected chi connectivity index (χ0v) is 16.3. The van der Waals surface area contributed by atoms with Crippen molar-refractivity contribution in [1.29, 1.82) is 0 Å². The average molecular weight is 453 g/mol. The van der Waals surface area contributed by atoms with Gasteiger partial charge in [0.25, 0.3) is 0 Å². The molecule has 2 rings (SSSR count). The molecule has 0 aliphatic heterocycles. The van der Waals surface area contributed by atoms with E-state index in [1.165, 1.54) is 18.9 Å². The molecule has 1 saturated carbocycles. The summed E-state index contributed by atoms with van der Waals surface area (Å²) >= 11 is 0. The first kappa shape index (κ1) is 21.1. The number of halogens is 3. The molecule has 1 aromatic rings. The normalized spacial score (nSPS) is 14.2. The molecule has 0 atom stereocenters. The zero-order valence-electron chi connectivity index (χ0n) is 14.0. The van der Waals surface area contributed by atoms with Crippen molar-refractivity contribution in [3.8, 4) is 0 Å². The molecule has 2 N–H and O–H groups in total. The zero-order chi connectivity index (χ0) is 16.5. The van der Waals surface area contributed by atoms with Gasteiger partial charge in [-0.05, 0) is 55.9 Å². The number of aliphatic imine (C=N–C) groups is 1. The summed E-state index contributed by atoms with van der Waals surface area (Å²) < 4.78 is 32.2. The summed E-state index contributed by atoms with van der Waals surface area (Å²) in [6.45, 7) is 5.21. The van der Waals surface area contributed by atoms with Crippen LogP contribution in [0.1, 0.15) is 25.3 Å². The van der Waals surface area contributed by atoms with Crippen LogP contribution in [0.15, 0.2) is 23.2 Å². The molecule has 0 heterocycles. The maximum absolute atomic E-state index is 13.5. The van der Waals surface area contributed by atoms with Crippen LogP contribution < -0.4 is 10.6 Å². The largest absolute Gasteiger partial charge is 0.379 e. The molecule has 0 spiro atoms. The van der Waals surface area contributed by atoms with E-state index in [1.54, 1.807) is 0 Å². The van der Waals surface area contributed by atoms with Crippen molar-refractivity contribution in [2.45, 2.75) is 26.2 Å². The van der Waals surface area contributed by atoms with Gasteiger partial charge in [0.2, 0.25) is 0 Å². The van der Waals surface area contributed by atoms with Crippen molar-refractivity contribution in [3.05, 3.63) is 35.4 Å². The highest BCUT2D eigenvalue weighted by Crippen LogP contribution is 2.28. The molecule has 0 unspecified atom stereocenters. The van der Waals surface area contributed by atoms with Crippen molar-refractivity contribution in [3.63, 3.8) is 0 Å². The Morgan fingerprint density at radius 3 is 2.79 bits per heavy atom. The minimum absolute atomic E-state index is 0. The summed E-state index contributed by atoms with van der Waals surface area (Å²) in [4.78, 5) is 4.40. The summed E-state index contributed by atoms with van der Waals surface area (Å²) in [6.07, 6.45) is 2.96. The van der Waals surface area contributed by atoms with Gasteiger partial charge in [0.15, 0.2) is 5.96 Å². The third-order valence-electron chi connectivity index (χ3n) is 3.59. The first-order valence-electron chi connectivity index (χ1n) is 8.23. The molecule has 136 valence electrons. The van der Waals surface area contributed by atoms with Gasteiger partial charge in [-0.3, -0.25) is 4.99 Å². The van der Waals surface area contributed by atoms with Crippen LogP contribution >= 0.6 is 24.0 Å². The lowest BCUT2D eigenvalue weighted by Crippen LogP contribution is -2.38. The molecule has 4 nitrogen and oxygen atoms in total. The second-order valence-electron chi connectivity index (χ2n) is 5.69. The standard InChI is InChI=1S/C17H25F2N3O.HI/c1-2-20-17(22-9-10-23-12-13-3-4-13)21-8-7-14-11-15(18)5-6-16(14)19;/h5-6,11,13H,2-4,7-10,12H2,1H3,(H2,20,21,22);1H. The van der Waals surface area contributed by atoms with Gasteiger partial charge in [-0.1, -0.05) is 0 Å². The predicted octanol–water partition coefficient (Wildman–Crippen LogP) is 3.11. The fourth-order valence-electron chi connectivity index (χ4n) is 2.15. The lowest BCUT2D eigenvalue weighted by atomic mass is 10.1. The van der Waals surface area contributed by atoms with E-state index in [0.717, 1.165) is 31.2 Å². The van der Waals surface area contributed by atoms with Crippen LogP contribution in [0, 0.1) is 17.6 Å². The SMILES string of the molecule is CCNC(=NCCOCC1CC1)NCCc1cc(F)ccc1F.I. The number of guanidine groups is 1. The minimum atomic E-state index is -0.421. The monoisotopic (exact) mass is 453 g/mol. The summed E-state index contributed by atoms with van der Waals surface area (Å²) in [5, 5.41) is 6.24. The predicted molar refractivity (Wildman–Crippen MR) is 103 cm³/mol. The number of rotatable bonds is 9. The van der Waals surface area contributed by atoms with Crippen LogP contribution in [0.25, 0.3) is 0 Å². The number of nitrogens with zero attached hydrogens (tertiary/aromatic N) is 1. The molecule has 0 amide bonds. The molecule has 0 aromatic heterocycles. The quantitative estimate of drug-likeness (QED) is 0.262. The van der Waals surface area contributed by atoms with E-state index in [9.17, 15) is 8.78 Å². The second-order valence-corrected chi connectivity index (χ2v) is 5.69. The topological polar surface area (TPSA) is 45.7 Å². The maximum Gasteiger partial charge on any atom is 0.191 e. The van der Waals surface area contributed by atoms with E-state index < -0.39 is 5.82 Å². The molecule has 0 bridgehead atoms. The minimum Gasteiger partial charge on any atom is -0.379 e. The van der Waals surface area contributed by atoms with Crippen molar-refractivity contribution in [2.75, 3.05) is 32.8 Å². The number of hydrogen-bond donors (Lipinski definition) is 2. The maximum atomic E-state index is 13.5. The van der Waals surface area contributed by atoms with E-state index in [1.807, 2.05) is 6.92 Å². The Labute approximate surface area is 159 Å². The lowest BCUT2D eigenvalue weighted by Gasteiger charge is -2.11. The van der Waals surface area contributed by atoms with Gasteiger partial charge in [0.05, 0.1) is 13.2 Å². The van der Waals surface area contributed by atoms with Crippen LogP contribution in [-0.2, 0) is 11.2 Å². The number of ether oxygens (including phenoxy) is 1. The smallest absolute Gasteiger partial charge is 0.191 e. The van der Waals surface area contributed by atoms with Gasteiger partial charge < -0.3 is 15.4 Å². The number of benzene rings is 1. The van der Waals surface area contributed by atoms with E-state index in [4.69, 9.17) is 4.74 Å². The Morgan fingerprint density at radius 2 is 2.08 bits per heavy atom. The van der Waals surface area contributed by atoms with Crippen LogP contribution in [0.2, 0.25) is 0 Å². The van der Waals surface area contributed by atoms with E-state index >= 15 is 0 Å². The molecule has 7 heteroatoms. The molecule has 1 fully saturated rings. The highest BCUT2D eigenvalue weighted by atomic mass is 127. The molecule has 0 radical (unpaired) electrons. The summed E-state index contributed by atoms with van der Waals surface area (Å²) in [6, 6.07) is 3.51. The molecule has 24 heavy (non-hydrogen) atoms. The first-order valence-corrected chi connectivity index (χ1v) is 8.23.